The van der Waals surface area contributed by atoms with E-state index in [1.807, 2.05) is 55.6 Å². The minimum absolute atomic E-state index is 0.267. The molecule has 3 aromatic rings. The Morgan fingerprint density at radius 2 is 1.97 bits per heavy atom. The summed E-state index contributed by atoms with van der Waals surface area (Å²) in [6.07, 6.45) is 2.01. The van der Waals surface area contributed by atoms with Crippen LogP contribution in [0.25, 0.3) is 5.69 Å². The minimum atomic E-state index is -0.267. The first-order valence-corrected chi connectivity index (χ1v) is 11.2. The highest BCUT2D eigenvalue weighted by Crippen LogP contribution is 2.27. The first-order valence-electron chi connectivity index (χ1n) is 8.96. The molecule has 0 saturated carbocycles. The molecule has 7 nitrogen and oxygen atoms in total. The topological polar surface area (TPSA) is 74.3 Å². The molecule has 0 atom stereocenters. The van der Waals surface area contributed by atoms with Crippen LogP contribution >= 0.6 is 23.5 Å². The molecular formula is C20H23N5O2S2. The van der Waals surface area contributed by atoms with Crippen LogP contribution < -0.4 is 10.4 Å². The average molecular weight is 430 g/mol. The van der Waals surface area contributed by atoms with Gasteiger partial charge in [0.2, 0.25) is 0 Å². The molecular weight excluding hydrogens is 406 g/mol. The van der Waals surface area contributed by atoms with Crippen LogP contribution in [0.15, 0.2) is 52.3 Å². The lowest BCUT2D eigenvalue weighted by molar-refractivity contribution is 0.410. The zero-order valence-electron chi connectivity index (χ0n) is 16.8. The summed E-state index contributed by atoms with van der Waals surface area (Å²) in [6.45, 7) is 2.59. The van der Waals surface area contributed by atoms with E-state index in [0.717, 1.165) is 32.5 Å². The minimum Gasteiger partial charge on any atom is -0.496 e. The quantitative estimate of drug-likeness (QED) is 0.441. The summed E-state index contributed by atoms with van der Waals surface area (Å²) in [5, 5.41) is 7.81. The maximum absolute atomic E-state index is 12.3. The lowest BCUT2D eigenvalue weighted by atomic mass is 10.1. The van der Waals surface area contributed by atoms with Crippen LogP contribution in [0.1, 0.15) is 16.7 Å². The van der Waals surface area contributed by atoms with Crippen LogP contribution in [0.2, 0.25) is 0 Å². The summed E-state index contributed by atoms with van der Waals surface area (Å²) in [5.41, 5.74) is 3.67. The number of aliphatic imine (C=N–C) groups is 1. The van der Waals surface area contributed by atoms with Crippen molar-refractivity contribution in [1.82, 2.24) is 19.8 Å². The van der Waals surface area contributed by atoms with Gasteiger partial charge in [-0.3, -0.25) is 4.99 Å². The molecule has 3 rings (SSSR count). The summed E-state index contributed by atoms with van der Waals surface area (Å²) in [7, 11) is 3.26. The molecule has 0 unspecified atom stereocenters. The Balaban J connectivity index is 1.81. The third-order valence-corrected chi connectivity index (χ3v) is 6.56. The zero-order valence-corrected chi connectivity index (χ0v) is 18.5. The van der Waals surface area contributed by atoms with Crippen molar-refractivity contribution >= 4 is 27.9 Å². The number of aryl methyl sites for hydroxylation is 2. The molecule has 0 aliphatic carbocycles. The largest absolute Gasteiger partial charge is 0.496 e. The molecule has 1 aromatic heterocycles. The fourth-order valence-electron chi connectivity index (χ4n) is 2.82. The van der Waals surface area contributed by atoms with Crippen molar-refractivity contribution in [2.45, 2.75) is 19.2 Å². The summed E-state index contributed by atoms with van der Waals surface area (Å²) >= 11 is 3.25. The van der Waals surface area contributed by atoms with Gasteiger partial charge < -0.3 is 4.74 Å². The number of methoxy groups -OCH3 is 1. The second kappa shape index (κ2) is 9.80. The second-order valence-electron chi connectivity index (χ2n) is 6.26. The third kappa shape index (κ3) is 4.91. The number of aromatic nitrogens is 4. The van der Waals surface area contributed by atoms with Gasteiger partial charge in [-0.2, -0.15) is 9.36 Å². The molecule has 0 fully saturated rings. The number of nitrogens with zero attached hydrogens (tertiary/aromatic N) is 5. The number of benzene rings is 2. The lowest BCUT2D eigenvalue weighted by Crippen LogP contribution is -2.23. The van der Waals surface area contributed by atoms with Gasteiger partial charge in [-0.15, -0.1) is 11.8 Å². The van der Waals surface area contributed by atoms with Crippen LogP contribution in [0.4, 0.5) is 0 Å². The predicted octanol–water partition coefficient (Wildman–Crippen LogP) is 3.44. The van der Waals surface area contributed by atoms with Crippen molar-refractivity contribution < 1.29 is 4.74 Å². The number of thioether (sulfide) groups is 2. The Morgan fingerprint density at radius 1 is 1.17 bits per heavy atom. The first kappa shape index (κ1) is 21.2. The smallest absolute Gasteiger partial charge is 0.368 e. The Morgan fingerprint density at radius 3 is 2.66 bits per heavy atom. The van der Waals surface area contributed by atoms with Crippen molar-refractivity contribution in [3.63, 3.8) is 0 Å². The second-order valence-corrected chi connectivity index (χ2v) is 8.27. The zero-order chi connectivity index (χ0) is 20.8. The molecule has 0 aliphatic heterocycles. The fourth-order valence-corrected chi connectivity index (χ4v) is 4.47. The van der Waals surface area contributed by atoms with Gasteiger partial charge in [0.1, 0.15) is 10.1 Å². The number of para-hydroxylation sites is 1. The summed E-state index contributed by atoms with van der Waals surface area (Å²) in [4.78, 5) is 17.1. The van der Waals surface area contributed by atoms with E-state index in [0.29, 0.717) is 12.3 Å². The van der Waals surface area contributed by atoms with Crippen LogP contribution in [0.3, 0.4) is 0 Å². The number of ether oxygens (including phenoxy) is 1. The van der Waals surface area contributed by atoms with E-state index in [2.05, 4.69) is 10.4 Å². The Hall–Kier alpha value is -2.52. The molecule has 0 bridgehead atoms. The van der Waals surface area contributed by atoms with Gasteiger partial charge in [0.15, 0.2) is 0 Å². The highest BCUT2D eigenvalue weighted by atomic mass is 32.2. The van der Waals surface area contributed by atoms with Crippen molar-refractivity contribution in [3.05, 3.63) is 69.6 Å². The molecule has 1 heterocycles. The van der Waals surface area contributed by atoms with E-state index < -0.39 is 0 Å². The van der Waals surface area contributed by atoms with Gasteiger partial charge in [-0.25, -0.2) is 4.79 Å². The van der Waals surface area contributed by atoms with Gasteiger partial charge in [-0.05, 0) is 46.9 Å². The van der Waals surface area contributed by atoms with E-state index in [9.17, 15) is 4.79 Å². The standard InChI is InChI=1S/C20H23N5O2S2/c1-14-8-7-10-17(25-20(26)24(2)22-23-25)16(14)13-29-19(28-4)21-12-15-9-5-6-11-18(15)27-3/h5-11H,12-13H2,1-4H3/b21-19-. The lowest BCUT2D eigenvalue weighted by Gasteiger charge is -2.12. The number of hydrogen-bond acceptors (Lipinski definition) is 7. The molecule has 0 amide bonds. The van der Waals surface area contributed by atoms with Gasteiger partial charge in [0, 0.05) is 18.4 Å². The third-order valence-electron chi connectivity index (χ3n) is 4.42. The first-order chi connectivity index (χ1) is 14.0. The maximum Gasteiger partial charge on any atom is 0.368 e. The van der Waals surface area contributed by atoms with E-state index >= 15 is 0 Å². The highest BCUT2D eigenvalue weighted by molar-refractivity contribution is 8.38. The summed E-state index contributed by atoms with van der Waals surface area (Å²) < 4.78 is 8.94. The molecule has 152 valence electrons. The Bertz CT molecular complexity index is 1070. The van der Waals surface area contributed by atoms with E-state index in [-0.39, 0.29) is 5.69 Å². The maximum atomic E-state index is 12.3. The van der Waals surface area contributed by atoms with E-state index in [4.69, 9.17) is 9.73 Å². The van der Waals surface area contributed by atoms with Gasteiger partial charge in [0.25, 0.3) is 0 Å². The average Bonchev–Trinajstić information content (AvgIpc) is 3.07. The highest BCUT2D eigenvalue weighted by Gasteiger charge is 2.14. The van der Waals surface area contributed by atoms with Crippen LogP contribution in [0.5, 0.6) is 5.75 Å². The number of hydrogen-bond donors (Lipinski definition) is 0. The van der Waals surface area contributed by atoms with Gasteiger partial charge >= 0.3 is 5.69 Å². The SMILES string of the molecule is COc1ccccc1C/N=C(/SC)SCc1c(C)cccc1-n1nnn(C)c1=O. The Kier molecular flexibility index (Phi) is 7.16. The predicted molar refractivity (Wildman–Crippen MR) is 120 cm³/mol. The normalized spacial score (nSPS) is 11.7. The molecule has 29 heavy (non-hydrogen) atoms. The molecule has 0 aliphatic rings. The van der Waals surface area contributed by atoms with Gasteiger partial charge in [-0.1, -0.05) is 42.1 Å². The van der Waals surface area contributed by atoms with Crippen LogP contribution in [0, 0.1) is 6.92 Å². The molecule has 0 saturated heterocycles. The molecule has 2 aromatic carbocycles. The molecule has 0 N–H and O–H groups in total. The van der Waals surface area contributed by atoms with E-state index in [1.54, 1.807) is 37.7 Å². The summed E-state index contributed by atoms with van der Waals surface area (Å²) in [5.74, 6) is 1.52. The Labute approximate surface area is 178 Å². The van der Waals surface area contributed by atoms with Crippen molar-refractivity contribution in [2.24, 2.45) is 12.0 Å². The van der Waals surface area contributed by atoms with E-state index in [1.165, 1.54) is 9.36 Å². The van der Waals surface area contributed by atoms with Crippen molar-refractivity contribution in [3.8, 4) is 11.4 Å². The fraction of sp³-hybridized carbons (Fsp3) is 0.300. The summed E-state index contributed by atoms with van der Waals surface area (Å²) in [6, 6.07) is 13.7. The van der Waals surface area contributed by atoms with Crippen molar-refractivity contribution in [1.29, 1.82) is 0 Å². The molecule has 0 radical (unpaired) electrons. The van der Waals surface area contributed by atoms with Crippen LogP contribution in [-0.4, -0.2) is 37.5 Å². The van der Waals surface area contributed by atoms with Crippen LogP contribution in [-0.2, 0) is 19.3 Å². The monoisotopic (exact) mass is 429 g/mol. The molecule has 0 spiro atoms. The number of tetrazole rings is 1. The van der Waals surface area contributed by atoms with Crippen molar-refractivity contribution in [2.75, 3.05) is 13.4 Å². The van der Waals surface area contributed by atoms with Gasteiger partial charge in [0.05, 0.1) is 19.3 Å². The molecule has 9 heteroatoms. The number of rotatable bonds is 6.